The number of aliphatic hydroxyl groups is 1. The number of fused-ring (bicyclic) bond motifs is 2. The number of piperidine rings is 1. The molecule has 3 atom stereocenters. The molecule has 0 radical (unpaired) electrons. The van der Waals surface area contributed by atoms with E-state index in [1.807, 2.05) is 25.7 Å². The molecule has 2 bridgehead atoms. The fourth-order valence-electron chi connectivity index (χ4n) is 4.24. The van der Waals surface area contributed by atoms with Crippen LogP contribution in [0.2, 0.25) is 0 Å². The quantitative estimate of drug-likeness (QED) is 0.835. The van der Waals surface area contributed by atoms with Gasteiger partial charge in [-0.2, -0.15) is 0 Å². The third-order valence-corrected chi connectivity index (χ3v) is 5.08. The Morgan fingerprint density at radius 1 is 1.22 bits per heavy atom. The predicted octanol–water partition coefficient (Wildman–Crippen LogP) is 1.61. The maximum Gasteiger partial charge on any atom is 0.410 e. The Labute approximate surface area is 138 Å². The number of carbonyl (C=O) groups is 1. The van der Waals surface area contributed by atoms with E-state index in [0.717, 1.165) is 39.1 Å². The van der Waals surface area contributed by atoms with Crippen LogP contribution in [-0.4, -0.2) is 77.1 Å². The summed E-state index contributed by atoms with van der Waals surface area (Å²) in [5.74, 6) is 0. The molecule has 6 heteroatoms. The molecule has 0 aliphatic carbocycles. The summed E-state index contributed by atoms with van der Waals surface area (Å²) in [4.78, 5) is 16.6. The molecule has 0 aromatic rings. The van der Waals surface area contributed by atoms with Crippen molar-refractivity contribution < 1.29 is 19.4 Å². The second-order valence-corrected chi connectivity index (χ2v) is 8.29. The lowest BCUT2D eigenvalue weighted by Gasteiger charge is -2.46. The Morgan fingerprint density at radius 2 is 1.78 bits per heavy atom. The molecule has 3 aliphatic heterocycles. The number of rotatable bonds is 2. The number of carbonyl (C=O) groups excluding carboxylic acids is 1. The minimum atomic E-state index is -0.693. The third kappa shape index (κ3) is 3.98. The molecule has 0 unspecified atom stereocenters. The summed E-state index contributed by atoms with van der Waals surface area (Å²) >= 11 is 0. The number of nitrogens with zero attached hydrogens (tertiary/aromatic N) is 2. The van der Waals surface area contributed by atoms with E-state index in [0.29, 0.717) is 19.4 Å². The molecule has 3 fully saturated rings. The Hall–Kier alpha value is -0.850. The van der Waals surface area contributed by atoms with Crippen molar-refractivity contribution in [1.82, 2.24) is 9.80 Å². The topological polar surface area (TPSA) is 62.2 Å². The first-order valence-electron chi connectivity index (χ1n) is 8.80. The van der Waals surface area contributed by atoms with Crippen molar-refractivity contribution in [2.45, 2.75) is 69.7 Å². The maximum atomic E-state index is 12.5. The molecule has 132 valence electrons. The van der Waals surface area contributed by atoms with Crippen LogP contribution >= 0.6 is 0 Å². The minimum absolute atomic E-state index is 0.106. The Bertz CT molecular complexity index is 428. The SMILES string of the molecule is CC(C)(C)OC(=O)N1[C@@H]2CC[C@H]1C[C@@](O)(CN1CCOCC1)C2. The van der Waals surface area contributed by atoms with Gasteiger partial charge >= 0.3 is 6.09 Å². The second-order valence-electron chi connectivity index (χ2n) is 8.29. The lowest BCUT2D eigenvalue weighted by Crippen LogP contribution is -2.58. The van der Waals surface area contributed by atoms with Crippen LogP contribution in [0.15, 0.2) is 0 Å². The summed E-state index contributed by atoms with van der Waals surface area (Å²) in [5.41, 5.74) is -1.17. The van der Waals surface area contributed by atoms with Gasteiger partial charge in [-0.25, -0.2) is 4.79 Å². The highest BCUT2D eigenvalue weighted by atomic mass is 16.6. The highest BCUT2D eigenvalue weighted by Crippen LogP contribution is 2.42. The van der Waals surface area contributed by atoms with E-state index in [-0.39, 0.29) is 18.2 Å². The molecule has 0 aromatic carbocycles. The van der Waals surface area contributed by atoms with Crippen LogP contribution in [0.5, 0.6) is 0 Å². The number of amides is 1. The van der Waals surface area contributed by atoms with Gasteiger partial charge in [0.2, 0.25) is 0 Å². The first-order valence-corrected chi connectivity index (χ1v) is 8.80. The van der Waals surface area contributed by atoms with Gasteiger partial charge in [0.15, 0.2) is 0 Å². The monoisotopic (exact) mass is 326 g/mol. The summed E-state index contributed by atoms with van der Waals surface area (Å²) in [6, 6.07) is 0.212. The van der Waals surface area contributed by atoms with Crippen LogP contribution in [0.4, 0.5) is 4.79 Å². The molecule has 0 saturated carbocycles. The van der Waals surface area contributed by atoms with Crippen molar-refractivity contribution in [1.29, 1.82) is 0 Å². The van der Waals surface area contributed by atoms with Crippen LogP contribution in [0.3, 0.4) is 0 Å². The summed E-state index contributed by atoms with van der Waals surface area (Å²) in [6.07, 6.45) is 3.02. The zero-order chi connectivity index (χ0) is 16.7. The average molecular weight is 326 g/mol. The number of hydrogen-bond acceptors (Lipinski definition) is 5. The molecule has 3 heterocycles. The maximum absolute atomic E-state index is 12.5. The van der Waals surface area contributed by atoms with Gasteiger partial charge in [-0.05, 0) is 46.5 Å². The predicted molar refractivity (Wildman–Crippen MR) is 86.3 cm³/mol. The van der Waals surface area contributed by atoms with E-state index in [9.17, 15) is 9.90 Å². The van der Waals surface area contributed by atoms with Crippen LogP contribution in [0.1, 0.15) is 46.5 Å². The molecule has 23 heavy (non-hydrogen) atoms. The van der Waals surface area contributed by atoms with Crippen LogP contribution in [0.25, 0.3) is 0 Å². The highest BCUT2D eigenvalue weighted by molar-refractivity contribution is 5.69. The molecule has 0 aromatic heterocycles. The zero-order valence-corrected chi connectivity index (χ0v) is 14.6. The number of ether oxygens (including phenoxy) is 2. The second kappa shape index (κ2) is 6.22. The number of β-amino-alcohol motifs (C(OH)–C–C–N with tert-alkyl or cyclic N) is 1. The molecule has 0 spiro atoms. The van der Waals surface area contributed by atoms with Crippen molar-refractivity contribution in [2.75, 3.05) is 32.8 Å². The van der Waals surface area contributed by atoms with E-state index in [2.05, 4.69) is 4.90 Å². The molecule has 3 aliphatic rings. The first kappa shape index (κ1) is 17.0. The van der Waals surface area contributed by atoms with Gasteiger partial charge in [-0.15, -0.1) is 0 Å². The lowest BCUT2D eigenvalue weighted by molar-refractivity contribution is -0.0844. The van der Waals surface area contributed by atoms with E-state index < -0.39 is 11.2 Å². The molecule has 3 rings (SSSR count). The van der Waals surface area contributed by atoms with Crippen molar-refractivity contribution in [3.8, 4) is 0 Å². The molecule has 1 N–H and O–H groups in total. The number of morpholine rings is 1. The summed E-state index contributed by atoms with van der Waals surface area (Å²) < 4.78 is 10.9. The normalized spacial score (nSPS) is 35.4. The van der Waals surface area contributed by atoms with Gasteiger partial charge in [-0.1, -0.05) is 0 Å². The first-order chi connectivity index (χ1) is 10.8. The van der Waals surface area contributed by atoms with E-state index in [4.69, 9.17) is 9.47 Å². The lowest BCUT2D eigenvalue weighted by atomic mass is 9.85. The minimum Gasteiger partial charge on any atom is -0.444 e. The molecule has 1 amide bonds. The van der Waals surface area contributed by atoms with Gasteiger partial charge in [0.05, 0.1) is 18.8 Å². The van der Waals surface area contributed by atoms with Crippen LogP contribution < -0.4 is 0 Å². The van der Waals surface area contributed by atoms with Gasteiger partial charge in [0.1, 0.15) is 5.60 Å². The smallest absolute Gasteiger partial charge is 0.410 e. The van der Waals surface area contributed by atoms with Crippen LogP contribution in [-0.2, 0) is 9.47 Å². The van der Waals surface area contributed by atoms with E-state index in [1.165, 1.54) is 0 Å². The Balaban J connectivity index is 1.62. The molecular weight excluding hydrogens is 296 g/mol. The summed E-state index contributed by atoms with van der Waals surface area (Å²) in [5, 5.41) is 11.1. The van der Waals surface area contributed by atoms with Crippen molar-refractivity contribution >= 4 is 6.09 Å². The molecule has 3 saturated heterocycles. The zero-order valence-electron chi connectivity index (χ0n) is 14.6. The van der Waals surface area contributed by atoms with Crippen LogP contribution in [0, 0.1) is 0 Å². The third-order valence-electron chi connectivity index (χ3n) is 5.08. The highest BCUT2D eigenvalue weighted by Gasteiger charge is 2.50. The summed E-state index contributed by atoms with van der Waals surface area (Å²) in [6.45, 7) is 9.62. The Morgan fingerprint density at radius 3 is 2.30 bits per heavy atom. The van der Waals surface area contributed by atoms with E-state index >= 15 is 0 Å². The van der Waals surface area contributed by atoms with Gasteiger partial charge in [0.25, 0.3) is 0 Å². The molecular formula is C17H30N2O4. The fourth-order valence-corrected chi connectivity index (χ4v) is 4.24. The number of hydrogen-bond donors (Lipinski definition) is 1. The van der Waals surface area contributed by atoms with E-state index in [1.54, 1.807) is 0 Å². The van der Waals surface area contributed by atoms with Crippen molar-refractivity contribution in [3.63, 3.8) is 0 Å². The van der Waals surface area contributed by atoms with Gasteiger partial charge in [-0.3, -0.25) is 4.90 Å². The standard InChI is InChI=1S/C17H30N2O4/c1-16(2,3)23-15(20)19-13-4-5-14(19)11-17(21,10-13)12-18-6-8-22-9-7-18/h13-14,21H,4-12H2,1-3H3/t13-,14+,17-. The fraction of sp³-hybridized carbons (Fsp3) is 0.941. The average Bonchev–Trinajstić information content (AvgIpc) is 2.71. The van der Waals surface area contributed by atoms with Gasteiger partial charge < -0.3 is 19.5 Å². The van der Waals surface area contributed by atoms with Crippen molar-refractivity contribution in [2.24, 2.45) is 0 Å². The van der Waals surface area contributed by atoms with Crippen molar-refractivity contribution in [3.05, 3.63) is 0 Å². The largest absolute Gasteiger partial charge is 0.444 e. The molecule has 6 nitrogen and oxygen atoms in total. The van der Waals surface area contributed by atoms with Gasteiger partial charge in [0, 0.05) is 31.7 Å². The Kier molecular flexibility index (Phi) is 4.60. The summed E-state index contributed by atoms with van der Waals surface area (Å²) in [7, 11) is 0.